The molecule has 0 radical (unpaired) electrons. The Labute approximate surface area is 195 Å². The van der Waals surface area contributed by atoms with Gasteiger partial charge in [0.25, 0.3) is 0 Å². The lowest BCUT2D eigenvalue weighted by atomic mass is 10.0. The largest absolute Gasteiger partial charge is 0.480 e. The Kier molecular flexibility index (Phi) is 23.6. The first-order valence-corrected chi connectivity index (χ1v) is 14.0. The molecule has 31 heavy (non-hydrogen) atoms. The van der Waals surface area contributed by atoms with Gasteiger partial charge in [-0.1, -0.05) is 148 Å². The number of carboxylic acids is 1. The van der Waals surface area contributed by atoms with Crippen LogP contribution in [0.15, 0.2) is 0 Å². The van der Waals surface area contributed by atoms with Crippen LogP contribution in [0.1, 0.15) is 155 Å². The van der Waals surface area contributed by atoms with E-state index in [0.29, 0.717) is 0 Å². The molecule has 0 heterocycles. The normalized spacial score (nSPS) is 12.5. The molecule has 0 spiro atoms. The summed E-state index contributed by atoms with van der Waals surface area (Å²) in [7, 11) is 3.72. The van der Waals surface area contributed by atoms with Crippen LogP contribution in [0.2, 0.25) is 0 Å². The third-order valence-electron chi connectivity index (χ3n) is 6.74. The van der Waals surface area contributed by atoms with E-state index in [-0.39, 0.29) is 6.04 Å². The zero-order valence-corrected chi connectivity index (χ0v) is 21.6. The lowest BCUT2D eigenvalue weighted by molar-refractivity contribution is -0.142. The van der Waals surface area contributed by atoms with E-state index in [1.165, 1.54) is 135 Å². The van der Waals surface area contributed by atoms with Crippen molar-refractivity contribution in [3.8, 4) is 0 Å². The van der Waals surface area contributed by atoms with E-state index in [2.05, 4.69) is 6.92 Å². The van der Waals surface area contributed by atoms with Crippen LogP contribution in [0.4, 0.5) is 0 Å². The van der Waals surface area contributed by atoms with Crippen molar-refractivity contribution < 1.29 is 9.90 Å². The summed E-state index contributed by atoms with van der Waals surface area (Å²) in [6, 6.07) is -0.315. The predicted molar refractivity (Wildman–Crippen MR) is 137 cm³/mol. The van der Waals surface area contributed by atoms with E-state index in [0.717, 1.165) is 12.8 Å². The zero-order chi connectivity index (χ0) is 23.0. The van der Waals surface area contributed by atoms with Crippen molar-refractivity contribution >= 4 is 5.97 Å². The molecule has 0 aliphatic rings. The van der Waals surface area contributed by atoms with Crippen LogP contribution in [0.5, 0.6) is 0 Å². The predicted octanol–water partition coefficient (Wildman–Crippen LogP) is 8.99. The molecule has 0 bridgehead atoms. The van der Waals surface area contributed by atoms with Gasteiger partial charge in [0.15, 0.2) is 0 Å². The van der Waals surface area contributed by atoms with Crippen LogP contribution < -0.4 is 0 Å². The van der Waals surface area contributed by atoms with E-state index in [9.17, 15) is 9.90 Å². The van der Waals surface area contributed by atoms with Crippen molar-refractivity contribution in [3.05, 3.63) is 0 Å². The molecule has 1 unspecified atom stereocenters. The van der Waals surface area contributed by atoms with Crippen molar-refractivity contribution in [1.29, 1.82) is 0 Å². The lowest BCUT2D eigenvalue weighted by Gasteiger charge is -2.19. The van der Waals surface area contributed by atoms with Crippen LogP contribution in [-0.2, 0) is 4.79 Å². The molecule has 1 N–H and O–H groups in total. The van der Waals surface area contributed by atoms with Gasteiger partial charge in [-0.25, -0.2) is 0 Å². The highest BCUT2D eigenvalue weighted by Crippen LogP contribution is 2.16. The third-order valence-corrected chi connectivity index (χ3v) is 6.74. The van der Waals surface area contributed by atoms with Crippen molar-refractivity contribution in [1.82, 2.24) is 4.90 Å². The molecule has 0 amide bonds. The van der Waals surface area contributed by atoms with Crippen LogP contribution in [0, 0.1) is 0 Å². The maximum atomic E-state index is 11.1. The van der Waals surface area contributed by atoms with E-state index < -0.39 is 5.97 Å². The maximum Gasteiger partial charge on any atom is 0.320 e. The smallest absolute Gasteiger partial charge is 0.320 e. The van der Waals surface area contributed by atoms with Gasteiger partial charge < -0.3 is 5.11 Å². The Bertz CT molecular complexity index is 370. The fourth-order valence-corrected chi connectivity index (χ4v) is 4.55. The van der Waals surface area contributed by atoms with Crippen molar-refractivity contribution in [2.45, 2.75) is 161 Å². The molecule has 3 nitrogen and oxygen atoms in total. The second-order valence-electron chi connectivity index (χ2n) is 10.0. The summed E-state index contributed by atoms with van der Waals surface area (Å²) < 4.78 is 0. The standard InChI is InChI=1S/C28H57NO2/c1-4-5-6-7-8-9-10-11-12-13-14-15-16-17-18-19-20-21-22-23-24-25-26-27(28(30)31)29(2)3/h27H,4-26H2,1-3H3,(H,30,31). The Morgan fingerprint density at radius 3 is 1.03 bits per heavy atom. The van der Waals surface area contributed by atoms with Gasteiger partial charge in [0, 0.05) is 0 Å². The van der Waals surface area contributed by atoms with Gasteiger partial charge in [0.2, 0.25) is 0 Å². The molecule has 1 atom stereocenters. The van der Waals surface area contributed by atoms with Crippen LogP contribution in [-0.4, -0.2) is 36.1 Å². The second kappa shape index (κ2) is 24.1. The number of carbonyl (C=O) groups is 1. The highest BCUT2D eigenvalue weighted by atomic mass is 16.4. The van der Waals surface area contributed by atoms with Gasteiger partial charge in [0.05, 0.1) is 0 Å². The molecule has 0 aromatic rings. The van der Waals surface area contributed by atoms with Crippen molar-refractivity contribution in [2.24, 2.45) is 0 Å². The van der Waals surface area contributed by atoms with E-state index in [1.807, 2.05) is 19.0 Å². The minimum absolute atomic E-state index is 0.315. The summed E-state index contributed by atoms with van der Waals surface area (Å²) in [5, 5.41) is 9.17. The molecule has 0 aliphatic carbocycles. The van der Waals surface area contributed by atoms with Gasteiger partial charge >= 0.3 is 5.97 Å². The zero-order valence-electron chi connectivity index (χ0n) is 21.6. The minimum atomic E-state index is -0.687. The topological polar surface area (TPSA) is 40.5 Å². The summed E-state index contributed by atoms with van der Waals surface area (Å²) in [4.78, 5) is 13.0. The summed E-state index contributed by atoms with van der Waals surface area (Å²) in [6.45, 7) is 2.29. The number of nitrogens with zero attached hydrogens (tertiary/aromatic N) is 1. The molecule has 3 heteroatoms. The molecule has 186 valence electrons. The second-order valence-corrected chi connectivity index (χ2v) is 10.0. The number of likely N-dealkylation sites (N-methyl/N-ethyl adjacent to an activating group) is 1. The van der Waals surface area contributed by atoms with Crippen LogP contribution in [0.25, 0.3) is 0 Å². The molecule has 0 aromatic carbocycles. The van der Waals surface area contributed by atoms with Crippen molar-refractivity contribution in [3.63, 3.8) is 0 Å². The number of aliphatic carboxylic acids is 1. The molecule has 0 saturated carbocycles. The summed E-state index contributed by atoms with van der Waals surface area (Å²) in [6.07, 6.45) is 31.4. The average Bonchev–Trinajstić information content (AvgIpc) is 2.73. The summed E-state index contributed by atoms with van der Waals surface area (Å²) in [5.74, 6) is -0.687. The monoisotopic (exact) mass is 439 g/mol. The summed E-state index contributed by atoms with van der Waals surface area (Å²) >= 11 is 0. The third kappa shape index (κ3) is 22.4. The fourth-order valence-electron chi connectivity index (χ4n) is 4.55. The fraction of sp³-hybridized carbons (Fsp3) is 0.964. The van der Waals surface area contributed by atoms with Crippen molar-refractivity contribution in [2.75, 3.05) is 14.1 Å². The molecular formula is C28H57NO2. The number of rotatable bonds is 25. The molecular weight excluding hydrogens is 382 g/mol. The SMILES string of the molecule is CCCCCCCCCCCCCCCCCCCCCCCCC(C(=O)O)N(C)C. The number of hydrogen-bond acceptors (Lipinski definition) is 2. The number of unbranched alkanes of at least 4 members (excludes halogenated alkanes) is 21. The Hall–Kier alpha value is -0.570. The summed E-state index contributed by atoms with van der Waals surface area (Å²) in [5.41, 5.74) is 0. The maximum absolute atomic E-state index is 11.1. The number of carboxylic acid groups (broad SMARTS) is 1. The van der Waals surface area contributed by atoms with Gasteiger partial charge in [-0.3, -0.25) is 9.69 Å². The number of hydrogen-bond donors (Lipinski definition) is 1. The molecule has 0 rings (SSSR count). The molecule has 0 aromatic heterocycles. The Morgan fingerprint density at radius 2 is 0.806 bits per heavy atom. The Morgan fingerprint density at radius 1 is 0.548 bits per heavy atom. The van der Waals surface area contributed by atoms with Crippen LogP contribution >= 0.6 is 0 Å². The van der Waals surface area contributed by atoms with Gasteiger partial charge in [-0.05, 0) is 20.5 Å². The van der Waals surface area contributed by atoms with Gasteiger partial charge in [0.1, 0.15) is 6.04 Å². The first-order chi connectivity index (χ1) is 15.1. The van der Waals surface area contributed by atoms with E-state index in [4.69, 9.17) is 0 Å². The first kappa shape index (κ1) is 30.4. The highest BCUT2D eigenvalue weighted by molar-refractivity contribution is 5.73. The first-order valence-electron chi connectivity index (χ1n) is 14.0. The highest BCUT2D eigenvalue weighted by Gasteiger charge is 2.18. The lowest BCUT2D eigenvalue weighted by Crippen LogP contribution is -2.35. The van der Waals surface area contributed by atoms with Gasteiger partial charge in [-0.2, -0.15) is 0 Å². The minimum Gasteiger partial charge on any atom is -0.480 e. The molecule has 0 fully saturated rings. The van der Waals surface area contributed by atoms with E-state index >= 15 is 0 Å². The van der Waals surface area contributed by atoms with Gasteiger partial charge in [-0.15, -0.1) is 0 Å². The van der Waals surface area contributed by atoms with E-state index in [1.54, 1.807) is 0 Å². The molecule has 0 aliphatic heterocycles. The Balaban J connectivity index is 3.15. The quantitative estimate of drug-likeness (QED) is 0.144. The molecule has 0 saturated heterocycles. The average molecular weight is 440 g/mol. The van der Waals surface area contributed by atoms with Crippen LogP contribution in [0.3, 0.4) is 0 Å².